The minimum Gasteiger partial charge on any atom is -0.478 e. The van der Waals surface area contributed by atoms with Crippen LogP contribution in [-0.2, 0) is 15.1 Å². The van der Waals surface area contributed by atoms with E-state index < -0.39 is 11.2 Å². The number of fused-ring (bicyclic) bond motifs is 2. The Bertz CT molecular complexity index is 861. The predicted molar refractivity (Wildman–Crippen MR) is 95.9 cm³/mol. The van der Waals surface area contributed by atoms with Crippen LogP contribution in [0.1, 0.15) is 36.2 Å². The van der Waals surface area contributed by atoms with Crippen molar-refractivity contribution in [2.24, 2.45) is 0 Å². The lowest BCUT2D eigenvalue weighted by Crippen LogP contribution is -2.49. The Hall–Kier alpha value is -2.82. The van der Waals surface area contributed by atoms with Gasteiger partial charge >= 0.3 is 5.97 Å². The Morgan fingerprint density at radius 1 is 1.12 bits per heavy atom. The van der Waals surface area contributed by atoms with Gasteiger partial charge in [-0.3, -0.25) is 4.79 Å². The molecule has 1 spiro atoms. The van der Waals surface area contributed by atoms with Gasteiger partial charge in [0.15, 0.2) is 11.2 Å². The van der Waals surface area contributed by atoms with Crippen LogP contribution in [0.4, 0.5) is 0 Å². The molecule has 26 heavy (non-hydrogen) atoms. The quantitative estimate of drug-likeness (QED) is 0.797. The molecule has 2 aromatic rings. The number of ether oxygens (including phenoxy) is 2. The first-order valence-electron chi connectivity index (χ1n) is 8.78. The van der Waals surface area contributed by atoms with E-state index in [2.05, 4.69) is 0 Å². The van der Waals surface area contributed by atoms with Crippen molar-refractivity contribution in [3.63, 3.8) is 0 Å². The standard InChI is InChI=1S/C21H21NO4/c1-20(2,25-15-8-4-3-5-9-15)19(24)22-13-12-21(14-22)17-11-7-6-10-16(17)18(23)26-21/h3-11H,12-14H2,1-2H3/t21-/m0/s1. The van der Waals surface area contributed by atoms with Crippen molar-refractivity contribution < 1.29 is 19.1 Å². The summed E-state index contributed by atoms with van der Waals surface area (Å²) in [7, 11) is 0. The van der Waals surface area contributed by atoms with E-state index >= 15 is 0 Å². The summed E-state index contributed by atoms with van der Waals surface area (Å²) in [6.07, 6.45) is 0.600. The monoisotopic (exact) mass is 351 g/mol. The number of rotatable bonds is 3. The number of nitrogens with zero attached hydrogens (tertiary/aromatic N) is 1. The molecule has 0 aromatic heterocycles. The number of hydrogen-bond donors (Lipinski definition) is 0. The van der Waals surface area contributed by atoms with Crippen molar-refractivity contribution >= 4 is 11.9 Å². The Balaban J connectivity index is 1.54. The molecule has 0 bridgehead atoms. The van der Waals surface area contributed by atoms with Crippen LogP contribution in [-0.4, -0.2) is 35.5 Å². The topological polar surface area (TPSA) is 55.8 Å². The third kappa shape index (κ3) is 2.64. The maximum atomic E-state index is 13.1. The fraction of sp³-hybridized carbons (Fsp3) is 0.333. The van der Waals surface area contributed by atoms with Gasteiger partial charge in [0.05, 0.1) is 12.1 Å². The zero-order valence-electron chi connectivity index (χ0n) is 14.9. The third-order valence-corrected chi connectivity index (χ3v) is 5.08. The lowest BCUT2D eigenvalue weighted by Gasteiger charge is -2.31. The second-order valence-corrected chi connectivity index (χ2v) is 7.33. The highest BCUT2D eigenvalue weighted by Crippen LogP contribution is 2.43. The van der Waals surface area contributed by atoms with Crippen molar-refractivity contribution in [3.05, 3.63) is 65.7 Å². The average molecular weight is 351 g/mol. The normalized spacial score (nSPS) is 21.6. The Labute approximate surface area is 152 Å². The van der Waals surface area contributed by atoms with Crippen LogP contribution in [0.5, 0.6) is 5.75 Å². The molecule has 0 radical (unpaired) electrons. The van der Waals surface area contributed by atoms with Crippen molar-refractivity contribution in [1.29, 1.82) is 0 Å². The van der Waals surface area contributed by atoms with E-state index in [0.29, 0.717) is 30.8 Å². The first kappa shape index (κ1) is 16.6. The first-order chi connectivity index (χ1) is 12.4. The zero-order chi connectivity index (χ0) is 18.4. The number of hydrogen-bond acceptors (Lipinski definition) is 4. The van der Waals surface area contributed by atoms with E-state index in [1.165, 1.54) is 0 Å². The van der Waals surface area contributed by atoms with E-state index in [-0.39, 0.29) is 11.9 Å². The Morgan fingerprint density at radius 2 is 1.81 bits per heavy atom. The number of benzene rings is 2. The SMILES string of the molecule is CC(C)(Oc1ccccc1)C(=O)N1CC[C@@]2(C1)OC(=O)c1ccccc12. The molecule has 1 atom stereocenters. The van der Waals surface area contributed by atoms with Crippen LogP contribution < -0.4 is 4.74 Å². The van der Waals surface area contributed by atoms with E-state index in [9.17, 15) is 9.59 Å². The molecule has 0 aliphatic carbocycles. The molecule has 1 saturated heterocycles. The van der Waals surface area contributed by atoms with Gasteiger partial charge in [-0.2, -0.15) is 0 Å². The second kappa shape index (κ2) is 5.87. The van der Waals surface area contributed by atoms with Gasteiger partial charge in [0, 0.05) is 18.5 Å². The maximum absolute atomic E-state index is 13.1. The van der Waals surface area contributed by atoms with Gasteiger partial charge in [-0.25, -0.2) is 4.79 Å². The van der Waals surface area contributed by atoms with Gasteiger partial charge in [-0.15, -0.1) is 0 Å². The molecule has 2 aliphatic heterocycles. The molecule has 0 unspecified atom stereocenters. The van der Waals surface area contributed by atoms with E-state index in [4.69, 9.17) is 9.47 Å². The van der Waals surface area contributed by atoms with Crippen LogP contribution >= 0.6 is 0 Å². The molecule has 2 aromatic carbocycles. The lowest BCUT2D eigenvalue weighted by molar-refractivity contribution is -0.145. The summed E-state index contributed by atoms with van der Waals surface area (Å²) in [6, 6.07) is 16.7. The van der Waals surface area contributed by atoms with E-state index in [0.717, 1.165) is 5.56 Å². The highest BCUT2D eigenvalue weighted by atomic mass is 16.6. The first-order valence-corrected chi connectivity index (χ1v) is 8.78. The molecule has 134 valence electrons. The molecule has 2 aliphatic rings. The maximum Gasteiger partial charge on any atom is 0.339 e. The highest BCUT2D eigenvalue weighted by Gasteiger charge is 2.52. The van der Waals surface area contributed by atoms with Crippen molar-refractivity contribution in [1.82, 2.24) is 4.90 Å². The predicted octanol–water partition coefficient (Wildman–Crippen LogP) is 3.14. The van der Waals surface area contributed by atoms with Crippen LogP contribution in [0.25, 0.3) is 0 Å². The zero-order valence-corrected chi connectivity index (χ0v) is 14.9. The summed E-state index contributed by atoms with van der Waals surface area (Å²) in [4.78, 5) is 27.0. The molecular formula is C21H21NO4. The molecule has 5 nitrogen and oxygen atoms in total. The van der Waals surface area contributed by atoms with Crippen molar-refractivity contribution in [3.8, 4) is 5.75 Å². The van der Waals surface area contributed by atoms with Crippen molar-refractivity contribution in [2.75, 3.05) is 13.1 Å². The number of carbonyl (C=O) groups is 2. The Morgan fingerprint density at radius 3 is 2.58 bits per heavy atom. The summed E-state index contributed by atoms with van der Waals surface area (Å²) in [5, 5.41) is 0. The van der Waals surface area contributed by atoms with Crippen LogP contribution in [0.3, 0.4) is 0 Å². The lowest BCUT2D eigenvalue weighted by atomic mass is 9.91. The Kier molecular flexibility index (Phi) is 3.75. The van der Waals surface area contributed by atoms with Gasteiger partial charge < -0.3 is 14.4 Å². The fourth-order valence-electron chi connectivity index (χ4n) is 3.81. The fourth-order valence-corrected chi connectivity index (χ4v) is 3.81. The third-order valence-electron chi connectivity index (χ3n) is 5.08. The smallest absolute Gasteiger partial charge is 0.339 e. The van der Waals surface area contributed by atoms with Gasteiger partial charge in [-0.05, 0) is 32.0 Å². The number of para-hydroxylation sites is 1. The molecule has 4 rings (SSSR count). The molecule has 1 fully saturated rings. The van der Waals surface area contributed by atoms with E-state index in [1.807, 2.05) is 48.5 Å². The van der Waals surface area contributed by atoms with Crippen LogP contribution in [0.2, 0.25) is 0 Å². The summed E-state index contributed by atoms with van der Waals surface area (Å²) in [5.41, 5.74) is -0.259. The van der Waals surface area contributed by atoms with E-state index in [1.54, 1.807) is 24.8 Å². The second-order valence-electron chi connectivity index (χ2n) is 7.33. The molecule has 0 saturated carbocycles. The minimum absolute atomic E-state index is 0.112. The van der Waals surface area contributed by atoms with Gasteiger partial charge in [-0.1, -0.05) is 36.4 Å². The van der Waals surface area contributed by atoms with Crippen LogP contribution in [0.15, 0.2) is 54.6 Å². The number of carbonyl (C=O) groups excluding carboxylic acids is 2. The van der Waals surface area contributed by atoms with Crippen LogP contribution in [0, 0.1) is 0 Å². The largest absolute Gasteiger partial charge is 0.478 e. The van der Waals surface area contributed by atoms with Gasteiger partial charge in [0.2, 0.25) is 0 Å². The summed E-state index contributed by atoms with van der Waals surface area (Å²) < 4.78 is 11.6. The molecule has 1 amide bonds. The van der Waals surface area contributed by atoms with Crippen molar-refractivity contribution in [2.45, 2.75) is 31.5 Å². The van der Waals surface area contributed by atoms with Gasteiger partial charge in [0.25, 0.3) is 5.91 Å². The summed E-state index contributed by atoms with van der Waals surface area (Å²) in [5.74, 6) is 0.228. The number of amides is 1. The molecule has 2 heterocycles. The number of esters is 1. The molecule has 0 N–H and O–H groups in total. The minimum atomic E-state index is -1.00. The van der Waals surface area contributed by atoms with Gasteiger partial charge in [0.1, 0.15) is 5.75 Å². The number of likely N-dealkylation sites (tertiary alicyclic amines) is 1. The summed E-state index contributed by atoms with van der Waals surface area (Å²) >= 11 is 0. The molecular weight excluding hydrogens is 330 g/mol. The molecule has 5 heteroatoms. The highest BCUT2D eigenvalue weighted by molar-refractivity contribution is 5.95. The average Bonchev–Trinajstić information content (AvgIpc) is 3.17. The summed E-state index contributed by atoms with van der Waals surface area (Å²) in [6.45, 7) is 4.42.